The highest BCUT2D eigenvalue weighted by Gasteiger charge is 2.08. The fourth-order valence-electron chi connectivity index (χ4n) is 1.57. The molecule has 0 aliphatic heterocycles. The normalized spacial score (nSPS) is 10.1. The lowest BCUT2D eigenvalue weighted by atomic mass is 10.1. The van der Waals surface area contributed by atoms with Gasteiger partial charge in [0.15, 0.2) is 0 Å². The van der Waals surface area contributed by atoms with E-state index in [1.807, 2.05) is 19.1 Å². The number of nitrogens with two attached hydrogens (primary N) is 1. The van der Waals surface area contributed by atoms with Crippen LogP contribution in [0.15, 0.2) is 42.5 Å². The van der Waals surface area contributed by atoms with Crippen LogP contribution < -0.4 is 10.5 Å². The van der Waals surface area contributed by atoms with Crippen molar-refractivity contribution in [3.8, 4) is 11.5 Å². The molecule has 0 unspecified atom stereocenters. The Morgan fingerprint density at radius 1 is 1.17 bits per heavy atom. The lowest BCUT2D eigenvalue weighted by molar-refractivity contribution is 0.481. The minimum Gasteiger partial charge on any atom is -0.457 e. The van der Waals surface area contributed by atoms with Crippen molar-refractivity contribution in [2.75, 3.05) is 0 Å². The number of amidine groups is 1. The second kappa shape index (κ2) is 5.10. The molecule has 0 fully saturated rings. The van der Waals surface area contributed by atoms with Crippen LogP contribution >= 0.6 is 11.6 Å². The number of rotatable bonds is 3. The third-order valence-electron chi connectivity index (χ3n) is 2.47. The molecule has 4 heteroatoms. The molecule has 2 aromatic rings. The highest BCUT2D eigenvalue weighted by atomic mass is 35.5. The van der Waals surface area contributed by atoms with Gasteiger partial charge in [0, 0.05) is 5.02 Å². The van der Waals surface area contributed by atoms with Gasteiger partial charge in [-0.1, -0.05) is 17.7 Å². The average Bonchev–Trinajstić information content (AvgIpc) is 2.32. The van der Waals surface area contributed by atoms with Gasteiger partial charge in [0.05, 0.1) is 5.56 Å². The molecule has 0 aliphatic rings. The Morgan fingerprint density at radius 3 is 2.44 bits per heavy atom. The van der Waals surface area contributed by atoms with Gasteiger partial charge in [0.25, 0.3) is 0 Å². The van der Waals surface area contributed by atoms with E-state index in [1.165, 1.54) is 0 Å². The zero-order valence-corrected chi connectivity index (χ0v) is 10.7. The van der Waals surface area contributed by atoms with Gasteiger partial charge in [-0.25, -0.2) is 0 Å². The molecule has 0 spiro atoms. The molecule has 0 heterocycles. The summed E-state index contributed by atoms with van der Waals surface area (Å²) in [5.74, 6) is 1.22. The van der Waals surface area contributed by atoms with Crippen LogP contribution in [0.5, 0.6) is 11.5 Å². The Bertz CT molecular complexity index is 579. The monoisotopic (exact) mass is 260 g/mol. The Kier molecular flexibility index (Phi) is 3.53. The van der Waals surface area contributed by atoms with Crippen molar-refractivity contribution in [1.29, 1.82) is 5.41 Å². The van der Waals surface area contributed by atoms with Crippen LogP contribution in [0.4, 0.5) is 0 Å². The number of ether oxygens (including phenoxy) is 1. The summed E-state index contributed by atoms with van der Waals surface area (Å²) in [5, 5.41) is 8.17. The van der Waals surface area contributed by atoms with Crippen LogP contribution in [-0.4, -0.2) is 5.84 Å². The van der Waals surface area contributed by atoms with E-state index in [0.29, 0.717) is 22.1 Å². The van der Waals surface area contributed by atoms with Crippen molar-refractivity contribution in [3.63, 3.8) is 0 Å². The van der Waals surface area contributed by atoms with E-state index in [0.717, 1.165) is 5.56 Å². The van der Waals surface area contributed by atoms with Crippen molar-refractivity contribution in [3.05, 3.63) is 58.6 Å². The minimum atomic E-state index is -0.0148. The first-order chi connectivity index (χ1) is 8.56. The molecule has 0 radical (unpaired) electrons. The van der Waals surface area contributed by atoms with E-state index in [-0.39, 0.29) is 5.84 Å². The van der Waals surface area contributed by atoms with Crippen molar-refractivity contribution in [2.24, 2.45) is 5.73 Å². The summed E-state index contributed by atoms with van der Waals surface area (Å²) in [4.78, 5) is 0. The SMILES string of the molecule is Cc1ccc(C(=N)N)c(Oc2ccc(Cl)cc2)c1. The largest absolute Gasteiger partial charge is 0.457 e. The number of hydrogen-bond acceptors (Lipinski definition) is 2. The first-order valence-corrected chi connectivity index (χ1v) is 5.82. The van der Waals surface area contributed by atoms with E-state index in [1.54, 1.807) is 30.3 Å². The molecule has 0 saturated heterocycles. The summed E-state index contributed by atoms with van der Waals surface area (Å²) < 4.78 is 5.73. The highest BCUT2D eigenvalue weighted by molar-refractivity contribution is 6.30. The van der Waals surface area contributed by atoms with Gasteiger partial charge < -0.3 is 10.5 Å². The van der Waals surface area contributed by atoms with Gasteiger partial charge in [-0.3, -0.25) is 5.41 Å². The van der Waals surface area contributed by atoms with Crippen molar-refractivity contribution >= 4 is 17.4 Å². The van der Waals surface area contributed by atoms with E-state index in [9.17, 15) is 0 Å². The van der Waals surface area contributed by atoms with Gasteiger partial charge >= 0.3 is 0 Å². The predicted octanol–water partition coefficient (Wildman–Crippen LogP) is 3.72. The molecule has 0 amide bonds. The fourth-order valence-corrected chi connectivity index (χ4v) is 1.69. The van der Waals surface area contributed by atoms with Crippen LogP contribution in [0.25, 0.3) is 0 Å². The van der Waals surface area contributed by atoms with Gasteiger partial charge in [0.2, 0.25) is 0 Å². The summed E-state index contributed by atoms with van der Waals surface area (Å²) in [6, 6.07) is 12.6. The molecule has 2 rings (SSSR count). The maximum atomic E-state index is 7.52. The predicted molar refractivity (Wildman–Crippen MR) is 73.7 cm³/mol. The zero-order valence-electron chi connectivity index (χ0n) is 9.91. The summed E-state index contributed by atoms with van der Waals surface area (Å²) in [6.45, 7) is 1.96. The van der Waals surface area contributed by atoms with Crippen LogP contribution in [0.3, 0.4) is 0 Å². The summed E-state index contributed by atoms with van der Waals surface area (Å²) in [5.41, 5.74) is 7.15. The number of nitrogens with one attached hydrogen (secondary N) is 1. The molecular weight excluding hydrogens is 248 g/mol. The molecule has 0 aromatic heterocycles. The molecular formula is C14H13ClN2O. The molecule has 0 bridgehead atoms. The van der Waals surface area contributed by atoms with Gasteiger partial charge in [-0.15, -0.1) is 0 Å². The van der Waals surface area contributed by atoms with Gasteiger partial charge in [-0.2, -0.15) is 0 Å². The standard InChI is InChI=1S/C14H13ClN2O/c1-9-2-7-12(14(16)17)13(8-9)18-11-5-3-10(15)4-6-11/h2-8H,1H3,(H3,16,17). The smallest absolute Gasteiger partial charge is 0.138 e. The Morgan fingerprint density at radius 2 is 1.83 bits per heavy atom. The van der Waals surface area contributed by atoms with E-state index < -0.39 is 0 Å². The van der Waals surface area contributed by atoms with Crippen LogP contribution in [0, 0.1) is 12.3 Å². The number of nitrogen functional groups attached to an aromatic ring is 1. The Hall–Kier alpha value is -2.00. The number of halogens is 1. The maximum absolute atomic E-state index is 7.52. The molecule has 2 aromatic carbocycles. The summed E-state index contributed by atoms with van der Waals surface area (Å²) in [6.07, 6.45) is 0. The minimum absolute atomic E-state index is 0.0148. The lowest BCUT2D eigenvalue weighted by Gasteiger charge is -2.11. The van der Waals surface area contributed by atoms with Crippen LogP contribution in [0.1, 0.15) is 11.1 Å². The fraction of sp³-hybridized carbons (Fsp3) is 0.0714. The van der Waals surface area contributed by atoms with Crippen molar-refractivity contribution in [2.45, 2.75) is 6.92 Å². The average molecular weight is 261 g/mol. The summed E-state index contributed by atoms with van der Waals surface area (Å²) in [7, 11) is 0. The first-order valence-electron chi connectivity index (χ1n) is 5.45. The number of aryl methyl sites for hydroxylation is 1. The zero-order chi connectivity index (χ0) is 13.1. The molecule has 3 nitrogen and oxygen atoms in total. The van der Waals surface area contributed by atoms with Gasteiger partial charge in [0.1, 0.15) is 17.3 Å². The topological polar surface area (TPSA) is 59.1 Å². The first kappa shape index (κ1) is 12.5. The molecule has 92 valence electrons. The second-order valence-electron chi connectivity index (χ2n) is 3.97. The van der Waals surface area contributed by atoms with E-state index >= 15 is 0 Å². The molecule has 0 aliphatic carbocycles. The number of hydrogen-bond donors (Lipinski definition) is 2. The Balaban J connectivity index is 2.35. The van der Waals surface area contributed by atoms with Crippen molar-refractivity contribution < 1.29 is 4.74 Å². The Labute approximate surface area is 111 Å². The third kappa shape index (κ3) is 2.81. The van der Waals surface area contributed by atoms with E-state index in [2.05, 4.69) is 0 Å². The quantitative estimate of drug-likeness (QED) is 0.653. The van der Waals surface area contributed by atoms with Gasteiger partial charge in [-0.05, 0) is 48.9 Å². The molecule has 0 saturated carbocycles. The number of benzene rings is 2. The highest BCUT2D eigenvalue weighted by Crippen LogP contribution is 2.27. The summed E-state index contributed by atoms with van der Waals surface area (Å²) >= 11 is 5.81. The molecule has 3 N–H and O–H groups in total. The van der Waals surface area contributed by atoms with E-state index in [4.69, 9.17) is 27.5 Å². The third-order valence-corrected chi connectivity index (χ3v) is 2.72. The lowest BCUT2D eigenvalue weighted by Crippen LogP contribution is -2.12. The maximum Gasteiger partial charge on any atom is 0.138 e. The van der Waals surface area contributed by atoms with Crippen molar-refractivity contribution in [1.82, 2.24) is 0 Å². The van der Waals surface area contributed by atoms with Crippen LogP contribution in [-0.2, 0) is 0 Å². The molecule has 18 heavy (non-hydrogen) atoms. The van der Waals surface area contributed by atoms with Crippen LogP contribution in [0.2, 0.25) is 5.02 Å². The molecule has 0 atom stereocenters. The second-order valence-corrected chi connectivity index (χ2v) is 4.41.